The molecule has 3 rings (SSSR count). The van der Waals surface area contributed by atoms with Crippen molar-refractivity contribution in [2.45, 2.75) is 29.5 Å². The number of nitrogens with zero attached hydrogens (tertiary/aromatic N) is 4. The summed E-state index contributed by atoms with van der Waals surface area (Å²) in [6.07, 6.45) is 4.30. The number of rotatable bonds is 3. The van der Waals surface area contributed by atoms with E-state index in [1.54, 1.807) is 32.7 Å². The summed E-state index contributed by atoms with van der Waals surface area (Å²) in [4.78, 5) is 0. The highest BCUT2D eigenvalue weighted by Crippen LogP contribution is 2.35. The Hall–Kier alpha value is -1.25. The molecular formula is C12H16N4O2S2. The predicted octanol–water partition coefficient (Wildman–Crippen LogP) is 1.79. The molecule has 108 valence electrons. The fourth-order valence-corrected chi connectivity index (χ4v) is 5.34. The zero-order chi connectivity index (χ0) is 14.2. The Labute approximate surface area is 122 Å². The van der Waals surface area contributed by atoms with Crippen LogP contribution in [0.3, 0.4) is 0 Å². The van der Waals surface area contributed by atoms with Crippen LogP contribution in [0.25, 0.3) is 0 Å². The van der Waals surface area contributed by atoms with Gasteiger partial charge in [0.1, 0.15) is 10.5 Å². The maximum absolute atomic E-state index is 12.7. The number of hydrogen-bond acceptors (Lipinski definition) is 5. The van der Waals surface area contributed by atoms with E-state index in [2.05, 4.69) is 10.2 Å². The molecule has 8 heteroatoms. The normalized spacial score (nSPS) is 21.1. The van der Waals surface area contributed by atoms with E-state index >= 15 is 0 Å². The first-order valence-electron chi connectivity index (χ1n) is 6.50. The van der Waals surface area contributed by atoms with Crippen LogP contribution in [0.4, 0.5) is 0 Å². The molecule has 1 aliphatic rings. The quantitative estimate of drug-likeness (QED) is 0.866. The highest BCUT2D eigenvalue weighted by Gasteiger charge is 2.37. The van der Waals surface area contributed by atoms with Crippen molar-refractivity contribution in [2.24, 2.45) is 7.05 Å². The molecule has 1 saturated heterocycles. The van der Waals surface area contributed by atoms with Crippen molar-refractivity contribution in [1.29, 1.82) is 0 Å². The first-order chi connectivity index (χ1) is 9.60. The lowest BCUT2D eigenvalue weighted by Gasteiger charge is -2.33. The maximum atomic E-state index is 12.7. The second-order valence-electron chi connectivity index (χ2n) is 4.86. The van der Waals surface area contributed by atoms with Gasteiger partial charge < -0.3 is 4.57 Å². The van der Waals surface area contributed by atoms with Crippen LogP contribution in [0.2, 0.25) is 0 Å². The Kier molecular flexibility index (Phi) is 3.61. The molecule has 1 atom stereocenters. The Morgan fingerprint density at radius 1 is 1.40 bits per heavy atom. The molecule has 2 aromatic heterocycles. The SMILES string of the molecule is Cn1cnnc1C1CCCCN1S(=O)(=O)c1cccs1. The molecule has 1 fully saturated rings. The van der Waals surface area contributed by atoms with Gasteiger partial charge in [0.25, 0.3) is 10.0 Å². The average Bonchev–Trinajstić information content (AvgIpc) is 3.10. The molecule has 6 nitrogen and oxygen atoms in total. The Balaban J connectivity index is 2.00. The van der Waals surface area contributed by atoms with Crippen molar-refractivity contribution < 1.29 is 8.42 Å². The van der Waals surface area contributed by atoms with E-state index in [1.165, 1.54) is 11.3 Å². The fraction of sp³-hybridized carbons (Fsp3) is 0.500. The van der Waals surface area contributed by atoms with Gasteiger partial charge in [-0.3, -0.25) is 0 Å². The number of aryl methyl sites for hydroxylation is 1. The number of thiophene rings is 1. The molecule has 0 amide bonds. The van der Waals surface area contributed by atoms with Crippen LogP contribution in [-0.4, -0.2) is 34.0 Å². The molecule has 0 aliphatic carbocycles. The van der Waals surface area contributed by atoms with Crippen molar-refractivity contribution >= 4 is 21.4 Å². The van der Waals surface area contributed by atoms with Crippen molar-refractivity contribution in [2.75, 3.05) is 6.54 Å². The van der Waals surface area contributed by atoms with Gasteiger partial charge in [-0.05, 0) is 24.3 Å². The predicted molar refractivity (Wildman–Crippen MR) is 75.8 cm³/mol. The first-order valence-corrected chi connectivity index (χ1v) is 8.82. The first kappa shape index (κ1) is 13.7. The lowest BCUT2D eigenvalue weighted by atomic mass is 10.0. The average molecular weight is 312 g/mol. The van der Waals surface area contributed by atoms with Gasteiger partial charge in [0.05, 0.1) is 6.04 Å². The lowest BCUT2D eigenvalue weighted by molar-refractivity contribution is 0.243. The van der Waals surface area contributed by atoms with Gasteiger partial charge in [0, 0.05) is 13.6 Å². The van der Waals surface area contributed by atoms with Gasteiger partial charge >= 0.3 is 0 Å². The summed E-state index contributed by atoms with van der Waals surface area (Å²) >= 11 is 1.25. The minimum absolute atomic E-state index is 0.219. The zero-order valence-electron chi connectivity index (χ0n) is 11.1. The van der Waals surface area contributed by atoms with Crippen molar-refractivity contribution in [3.63, 3.8) is 0 Å². The number of aromatic nitrogens is 3. The standard InChI is InChI=1S/C12H16N4O2S2/c1-15-9-13-14-12(15)10-5-2-3-7-16(10)20(17,18)11-6-4-8-19-11/h4,6,8-10H,2-3,5,7H2,1H3. The van der Waals surface area contributed by atoms with E-state index in [-0.39, 0.29) is 6.04 Å². The topological polar surface area (TPSA) is 68.1 Å². The maximum Gasteiger partial charge on any atom is 0.253 e. The summed E-state index contributed by atoms with van der Waals surface area (Å²) in [5, 5.41) is 9.75. The Morgan fingerprint density at radius 3 is 2.90 bits per heavy atom. The van der Waals surface area contributed by atoms with Gasteiger partial charge in [-0.25, -0.2) is 8.42 Å². The number of sulfonamides is 1. The van der Waals surface area contributed by atoms with Gasteiger partial charge in [0.2, 0.25) is 0 Å². The Morgan fingerprint density at radius 2 is 2.25 bits per heavy atom. The summed E-state index contributed by atoms with van der Waals surface area (Å²) in [6, 6.07) is 3.20. The second kappa shape index (κ2) is 5.27. The summed E-state index contributed by atoms with van der Waals surface area (Å²) in [7, 11) is -1.59. The number of piperidine rings is 1. The summed E-state index contributed by atoms with van der Waals surface area (Å²) in [6.45, 7) is 0.539. The minimum Gasteiger partial charge on any atom is -0.319 e. The molecular weight excluding hydrogens is 296 g/mol. The smallest absolute Gasteiger partial charge is 0.253 e. The molecule has 0 bridgehead atoms. The third kappa shape index (κ3) is 2.27. The molecule has 0 spiro atoms. The van der Waals surface area contributed by atoms with Crippen LogP contribution in [-0.2, 0) is 17.1 Å². The molecule has 0 aromatic carbocycles. The van der Waals surface area contributed by atoms with E-state index < -0.39 is 10.0 Å². The molecule has 2 aromatic rings. The highest BCUT2D eigenvalue weighted by atomic mass is 32.2. The third-order valence-electron chi connectivity index (χ3n) is 3.56. The summed E-state index contributed by atoms with van der Waals surface area (Å²) < 4.78 is 29.3. The largest absolute Gasteiger partial charge is 0.319 e. The van der Waals surface area contributed by atoms with E-state index in [4.69, 9.17) is 0 Å². The van der Waals surface area contributed by atoms with E-state index in [1.807, 2.05) is 7.05 Å². The summed E-state index contributed by atoms with van der Waals surface area (Å²) in [5.41, 5.74) is 0. The zero-order valence-corrected chi connectivity index (χ0v) is 12.8. The second-order valence-corrected chi connectivity index (χ2v) is 7.92. The Bertz CT molecular complexity index is 678. The molecule has 0 saturated carbocycles. The summed E-state index contributed by atoms with van der Waals surface area (Å²) in [5.74, 6) is 0.713. The van der Waals surface area contributed by atoms with Crippen LogP contribution in [0.1, 0.15) is 31.1 Å². The molecule has 20 heavy (non-hydrogen) atoms. The fourth-order valence-electron chi connectivity index (χ4n) is 2.57. The molecule has 1 aliphatic heterocycles. The van der Waals surface area contributed by atoms with Crippen LogP contribution < -0.4 is 0 Å². The van der Waals surface area contributed by atoms with Gasteiger partial charge in [0.15, 0.2) is 5.82 Å². The van der Waals surface area contributed by atoms with Gasteiger partial charge in [-0.2, -0.15) is 4.31 Å². The monoisotopic (exact) mass is 312 g/mol. The van der Waals surface area contributed by atoms with Crippen LogP contribution in [0.15, 0.2) is 28.0 Å². The van der Waals surface area contributed by atoms with Gasteiger partial charge in [-0.15, -0.1) is 21.5 Å². The minimum atomic E-state index is -3.44. The highest BCUT2D eigenvalue weighted by molar-refractivity contribution is 7.91. The van der Waals surface area contributed by atoms with Crippen molar-refractivity contribution in [3.05, 3.63) is 29.7 Å². The number of hydrogen-bond donors (Lipinski definition) is 0. The van der Waals surface area contributed by atoms with Crippen molar-refractivity contribution in [3.8, 4) is 0 Å². The lowest BCUT2D eigenvalue weighted by Crippen LogP contribution is -2.39. The van der Waals surface area contributed by atoms with Crippen LogP contribution in [0.5, 0.6) is 0 Å². The van der Waals surface area contributed by atoms with Crippen LogP contribution in [0, 0.1) is 0 Å². The van der Waals surface area contributed by atoms with E-state index in [0.717, 1.165) is 19.3 Å². The molecule has 0 N–H and O–H groups in total. The third-order valence-corrected chi connectivity index (χ3v) is 6.84. The van der Waals surface area contributed by atoms with Crippen LogP contribution >= 0.6 is 11.3 Å². The van der Waals surface area contributed by atoms with Gasteiger partial charge in [-0.1, -0.05) is 12.5 Å². The van der Waals surface area contributed by atoms with E-state index in [0.29, 0.717) is 16.6 Å². The molecule has 0 radical (unpaired) electrons. The van der Waals surface area contributed by atoms with Crippen molar-refractivity contribution in [1.82, 2.24) is 19.1 Å². The molecule has 1 unspecified atom stereocenters. The molecule has 3 heterocycles. The van der Waals surface area contributed by atoms with E-state index in [9.17, 15) is 8.42 Å².